The average Bonchev–Trinajstić information content (AvgIpc) is 3.02. The molecule has 4 unspecified atom stereocenters. The molecule has 0 radical (unpaired) electrons. The number of quaternary nitrogens is 1. The molecule has 2 aliphatic rings. The maximum Gasteiger partial charge on any atom is 0.303 e. The Morgan fingerprint density at radius 2 is 1.32 bits per heavy atom. The van der Waals surface area contributed by atoms with Crippen LogP contribution in [0.1, 0.15) is 136 Å². The molecular formula is C31H60NO7P. The maximum atomic E-state index is 12.6. The van der Waals surface area contributed by atoms with Crippen molar-refractivity contribution in [3.8, 4) is 0 Å². The molecule has 4 atom stereocenters. The summed E-state index contributed by atoms with van der Waals surface area (Å²) in [6.45, 7) is 5.49. The zero-order valence-electron chi connectivity index (χ0n) is 26.3. The second-order valence-corrected chi connectivity index (χ2v) is 14.5. The lowest BCUT2D eigenvalue weighted by Crippen LogP contribution is -2.56. The smallest absolute Gasteiger partial charge is 0.303 e. The summed E-state index contributed by atoms with van der Waals surface area (Å²) in [7, 11) is -0.113. The molecule has 9 heteroatoms. The van der Waals surface area contributed by atoms with Crippen molar-refractivity contribution in [1.82, 2.24) is 0 Å². The van der Waals surface area contributed by atoms with Crippen molar-refractivity contribution >= 4 is 13.8 Å². The fraction of sp³-hybridized carbons (Fsp3) is 0.968. The Morgan fingerprint density at radius 3 is 1.80 bits per heavy atom. The first-order valence-electron chi connectivity index (χ1n) is 16.2. The minimum atomic E-state index is -4.55. The third-order valence-electron chi connectivity index (χ3n) is 9.03. The highest BCUT2D eigenvalue weighted by Crippen LogP contribution is 2.47. The molecule has 0 N–H and O–H groups in total. The second-order valence-electron chi connectivity index (χ2n) is 13.1. The average molecular weight is 590 g/mol. The molecule has 0 aromatic carbocycles. The maximum absolute atomic E-state index is 12.6. The number of fused-ring (bicyclic) bond motifs is 2. The number of esters is 1. The van der Waals surface area contributed by atoms with Gasteiger partial charge in [0.25, 0.3) is 7.82 Å². The van der Waals surface area contributed by atoms with Gasteiger partial charge in [-0.15, -0.1) is 0 Å². The number of carbonyl (C=O) groups is 1. The van der Waals surface area contributed by atoms with E-state index in [1.165, 1.54) is 84.0 Å². The van der Waals surface area contributed by atoms with E-state index >= 15 is 0 Å². The van der Waals surface area contributed by atoms with Gasteiger partial charge in [-0.3, -0.25) is 9.36 Å². The molecule has 2 heterocycles. The normalized spacial score (nSPS) is 24.9. The highest BCUT2D eigenvalue weighted by molar-refractivity contribution is 7.45. The third-order valence-corrected chi connectivity index (χ3v) is 10.0. The predicted molar refractivity (Wildman–Crippen MR) is 158 cm³/mol. The van der Waals surface area contributed by atoms with Crippen LogP contribution in [0.5, 0.6) is 0 Å². The van der Waals surface area contributed by atoms with Crippen molar-refractivity contribution in [1.29, 1.82) is 0 Å². The summed E-state index contributed by atoms with van der Waals surface area (Å²) < 4.78 is 35.5. The largest absolute Gasteiger partial charge is 0.756 e. The zero-order valence-corrected chi connectivity index (χ0v) is 27.2. The van der Waals surface area contributed by atoms with Crippen LogP contribution >= 0.6 is 7.82 Å². The van der Waals surface area contributed by atoms with Gasteiger partial charge in [0.05, 0.1) is 45.5 Å². The van der Waals surface area contributed by atoms with E-state index in [2.05, 4.69) is 21.0 Å². The van der Waals surface area contributed by atoms with Gasteiger partial charge >= 0.3 is 5.97 Å². The molecule has 0 aromatic heterocycles. The van der Waals surface area contributed by atoms with Gasteiger partial charge < -0.3 is 27.9 Å². The molecule has 236 valence electrons. The molecule has 8 nitrogen and oxygen atoms in total. The molecule has 2 fully saturated rings. The first-order valence-corrected chi connectivity index (χ1v) is 17.7. The highest BCUT2D eigenvalue weighted by atomic mass is 31.2. The van der Waals surface area contributed by atoms with E-state index in [0.717, 1.165) is 30.2 Å². The molecule has 2 bridgehead atoms. The van der Waals surface area contributed by atoms with E-state index in [9.17, 15) is 14.3 Å². The molecule has 0 amide bonds. The summed E-state index contributed by atoms with van der Waals surface area (Å²) in [5, 5.41) is 0. The number of phosphoric ester groups is 1. The van der Waals surface area contributed by atoms with Gasteiger partial charge in [-0.2, -0.15) is 0 Å². The van der Waals surface area contributed by atoms with E-state index in [4.69, 9.17) is 18.5 Å². The van der Waals surface area contributed by atoms with Gasteiger partial charge in [-0.1, -0.05) is 90.4 Å². The Kier molecular flexibility index (Phi) is 16.3. The molecule has 2 rings (SSSR count). The van der Waals surface area contributed by atoms with Gasteiger partial charge in [0, 0.05) is 39.2 Å². The summed E-state index contributed by atoms with van der Waals surface area (Å²) in [6.07, 6.45) is 21.4. The Balaban J connectivity index is 1.56. The fourth-order valence-electron chi connectivity index (χ4n) is 6.48. The minimum Gasteiger partial charge on any atom is -0.756 e. The number of hydrogen-bond acceptors (Lipinski definition) is 7. The Labute approximate surface area is 245 Å². The quantitative estimate of drug-likeness (QED) is 0.0544. The second kappa shape index (κ2) is 18.2. The predicted octanol–water partition coefficient (Wildman–Crippen LogP) is 7.08. The topological polar surface area (TPSA) is 94.1 Å². The van der Waals surface area contributed by atoms with Crippen LogP contribution in [0, 0.1) is 0 Å². The standard InChI is InChI=1S/C31H60NO7P/c1-6-7-8-9-10-11-12-13-14-15-16-17-18-19-22-36-25-31(3,38-27(2)33)26-37-40(34,35)39-30-23-28-20-21-29(24-30)32(28,4)5/h28-30H,6-26H2,1-5H3. The van der Waals surface area contributed by atoms with Gasteiger partial charge in [-0.05, 0) is 13.3 Å². The molecule has 0 aliphatic carbocycles. The van der Waals surface area contributed by atoms with E-state index in [-0.39, 0.29) is 19.3 Å². The summed E-state index contributed by atoms with van der Waals surface area (Å²) >= 11 is 0. The Bertz CT molecular complexity index is 748. The fourth-order valence-corrected chi connectivity index (χ4v) is 7.51. The highest BCUT2D eigenvalue weighted by Gasteiger charge is 2.50. The summed E-state index contributed by atoms with van der Waals surface area (Å²) in [5.41, 5.74) is -1.20. The van der Waals surface area contributed by atoms with E-state index in [0.29, 0.717) is 31.5 Å². The first kappa shape index (κ1) is 35.7. The van der Waals surface area contributed by atoms with Crippen molar-refractivity contribution in [2.45, 2.75) is 160 Å². The van der Waals surface area contributed by atoms with Crippen LogP contribution < -0.4 is 4.89 Å². The van der Waals surface area contributed by atoms with Crippen LogP contribution in [0.4, 0.5) is 0 Å². The van der Waals surface area contributed by atoms with Crippen molar-refractivity contribution < 1.29 is 37.3 Å². The number of rotatable bonds is 23. The van der Waals surface area contributed by atoms with E-state index in [1.807, 2.05) is 0 Å². The molecule has 2 saturated heterocycles. The summed E-state index contributed by atoms with van der Waals surface area (Å²) in [5.74, 6) is -0.503. The number of carbonyl (C=O) groups excluding carboxylic acids is 1. The Hall–Kier alpha value is -0.500. The number of ether oxygens (including phenoxy) is 2. The third kappa shape index (κ3) is 13.6. The van der Waals surface area contributed by atoms with Crippen molar-refractivity contribution in [3.05, 3.63) is 0 Å². The van der Waals surface area contributed by atoms with Crippen LogP contribution in [0.25, 0.3) is 0 Å². The number of hydrogen-bond donors (Lipinski definition) is 0. The lowest BCUT2D eigenvalue weighted by atomic mass is 9.98. The van der Waals surface area contributed by atoms with E-state index < -0.39 is 19.4 Å². The monoisotopic (exact) mass is 589 g/mol. The van der Waals surface area contributed by atoms with Crippen molar-refractivity contribution in [2.75, 3.05) is 33.9 Å². The lowest BCUT2D eigenvalue weighted by molar-refractivity contribution is -0.931. The molecule has 40 heavy (non-hydrogen) atoms. The number of phosphoric acid groups is 1. The van der Waals surface area contributed by atoms with Crippen molar-refractivity contribution in [3.63, 3.8) is 0 Å². The Morgan fingerprint density at radius 1 is 0.850 bits per heavy atom. The summed E-state index contributed by atoms with van der Waals surface area (Å²) in [6, 6.07) is 0.830. The van der Waals surface area contributed by atoms with Crippen molar-refractivity contribution in [2.24, 2.45) is 0 Å². The minimum absolute atomic E-state index is 0.0737. The molecular weight excluding hydrogens is 529 g/mol. The van der Waals surface area contributed by atoms with Crippen LogP contribution in [0.3, 0.4) is 0 Å². The van der Waals surface area contributed by atoms with Gasteiger partial charge in [0.1, 0.15) is 0 Å². The number of nitrogens with zero attached hydrogens (tertiary/aromatic N) is 1. The number of unbranched alkanes of at least 4 members (excludes halogenated alkanes) is 13. The van der Waals surface area contributed by atoms with Crippen LogP contribution in [-0.4, -0.2) is 68.2 Å². The zero-order chi connectivity index (χ0) is 29.5. The SMILES string of the molecule is CCCCCCCCCCCCCCCCOCC(C)(COP(=O)([O-])OC1CC2CCC(C1)[N+]2(C)C)OC(C)=O. The van der Waals surface area contributed by atoms with Gasteiger partial charge in [0.2, 0.25) is 0 Å². The number of piperidine rings is 1. The molecule has 0 spiro atoms. The first-order chi connectivity index (χ1) is 19.0. The van der Waals surface area contributed by atoms with Crippen LogP contribution in [0.2, 0.25) is 0 Å². The molecule has 0 aromatic rings. The lowest BCUT2D eigenvalue weighted by Gasteiger charge is -2.45. The molecule has 2 aliphatic heterocycles. The van der Waals surface area contributed by atoms with E-state index in [1.54, 1.807) is 6.92 Å². The van der Waals surface area contributed by atoms with Gasteiger partial charge in [-0.25, -0.2) is 0 Å². The van der Waals surface area contributed by atoms with Crippen LogP contribution in [0.15, 0.2) is 0 Å². The van der Waals surface area contributed by atoms with Gasteiger partial charge in [0.15, 0.2) is 5.60 Å². The van der Waals surface area contributed by atoms with Crippen LogP contribution in [-0.2, 0) is 27.9 Å². The molecule has 0 saturated carbocycles. The summed E-state index contributed by atoms with van der Waals surface area (Å²) in [4.78, 5) is 24.3.